The first-order chi connectivity index (χ1) is 8.61. The summed E-state index contributed by atoms with van der Waals surface area (Å²) in [4.78, 5) is 17.4. The molecule has 1 aromatic heterocycles. The Balaban J connectivity index is 2.34. The highest BCUT2D eigenvalue weighted by molar-refractivity contribution is 6.31. The first-order valence-corrected chi connectivity index (χ1v) is 5.34. The number of benzene rings is 1. The van der Waals surface area contributed by atoms with Gasteiger partial charge in [-0.25, -0.2) is 4.98 Å². The zero-order chi connectivity index (χ0) is 13.1. The summed E-state index contributed by atoms with van der Waals surface area (Å²) in [5, 5.41) is -0.132. The molecule has 0 aliphatic carbocycles. The topological polar surface area (TPSA) is 90.2 Å². The Kier molecular flexibility index (Phi) is 3.38. The van der Waals surface area contributed by atoms with Crippen LogP contribution in [0.1, 0.15) is 0 Å². The van der Waals surface area contributed by atoms with Crippen molar-refractivity contribution in [1.29, 1.82) is 0 Å². The van der Waals surface area contributed by atoms with E-state index in [1.165, 1.54) is 13.4 Å². The van der Waals surface area contributed by atoms with Gasteiger partial charge in [0.2, 0.25) is 5.88 Å². The second-order valence-electron chi connectivity index (χ2n) is 3.36. The average molecular weight is 268 g/mol. The highest BCUT2D eigenvalue weighted by atomic mass is 35.5. The molecule has 6 nitrogen and oxygen atoms in total. The number of ether oxygens (including phenoxy) is 2. The van der Waals surface area contributed by atoms with E-state index in [1.807, 2.05) is 0 Å². The molecular formula is C11H10ClN3O3. The number of nitrogens with one attached hydrogen (secondary N) is 1. The molecule has 3 N–H and O–H groups in total. The number of aromatic amines is 1. The summed E-state index contributed by atoms with van der Waals surface area (Å²) in [6, 6.07) is 4.87. The van der Waals surface area contributed by atoms with Crippen LogP contribution < -0.4 is 20.8 Å². The fraction of sp³-hybridized carbons (Fsp3) is 0.0909. The maximum absolute atomic E-state index is 11.3. The lowest BCUT2D eigenvalue weighted by atomic mass is 10.3. The minimum Gasteiger partial charge on any atom is -0.497 e. The number of hydrogen-bond acceptors (Lipinski definition) is 5. The number of nitrogen functional groups attached to an aromatic ring is 1. The lowest BCUT2D eigenvalue weighted by Gasteiger charge is -2.09. The third-order valence-electron chi connectivity index (χ3n) is 2.19. The molecule has 0 aliphatic heterocycles. The van der Waals surface area contributed by atoms with E-state index in [0.29, 0.717) is 17.2 Å². The van der Waals surface area contributed by atoms with Crippen molar-refractivity contribution in [1.82, 2.24) is 9.97 Å². The first-order valence-electron chi connectivity index (χ1n) is 4.96. The van der Waals surface area contributed by atoms with E-state index in [9.17, 15) is 4.79 Å². The van der Waals surface area contributed by atoms with Gasteiger partial charge in [0.05, 0.1) is 19.1 Å². The van der Waals surface area contributed by atoms with Gasteiger partial charge in [-0.15, -0.1) is 0 Å². The van der Waals surface area contributed by atoms with Gasteiger partial charge in [-0.3, -0.25) is 4.79 Å². The number of methoxy groups -OCH3 is 1. The smallest absolute Gasteiger partial charge is 0.273 e. The molecule has 0 saturated heterocycles. The predicted octanol–water partition coefficient (Wildman–Crippen LogP) is 1.81. The maximum Gasteiger partial charge on any atom is 0.273 e. The van der Waals surface area contributed by atoms with Crippen LogP contribution >= 0.6 is 11.6 Å². The van der Waals surface area contributed by atoms with Crippen molar-refractivity contribution in [3.05, 3.63) is 39.9 Å². The first kappa shape index (κ1) is 12.3. The van der Waals surface area contributed by atoms with Crippen molar-refractivity contribution in [2.24, 2.45) is 0 Å². The minimum atomic E-state index is -0.478. The Morgan fingerprint density at radius 3 is 2.89 bits per heavy atom. The van der Waals surface area contributed by atoms with Gasteiger partial charge in [-0.2, -0.15) is 0 Å². The summed E-state index contributed by atoms with van der Waals surface area (Å²) < 4.78 is 10.4. The molecule has 0 radical (unpaired) electrons. The summed E-state index contributed by atoms with van der Waals surface area (Å²) >= 11 is 5.76. The largest absolute Gasteiger partial charge is 0.497 e. The Bertz CT molecular complexity index is 627. The molecule has 1 heterocycles. The molecule has 0 fully saturated rings. The van der Waals surface area contributed by atoms with Gasteiger partial charge in [-0.1, -0.05) is 11.6 Å². The zero-order valence-corrected chi connectivity index (χ0v) is 10.2. The van der Waals surface area contributed by atoms with Crippen molar-refractivity contribution in [2.45, 2.75) is 0 Å². The summed E-state index contributed by atoms with van der Waals surface area (Å²) in [5.74, 6) is 0.942. The number of H-pyrrole nitrogens is 1. The average Bonchev–Trinajstić information content (AvgIpc) is 2.37. The summed E-state index contributed by atoms with van der Waals surface area (Å²) in [5.41, 5.74) is 5.65. The fourth-order valence-electron chi connectivity index (χ4n) is 1.29. The van der Waals surface area contributed by atoms with Crippen LogP contribution in [0, 0.1) is 0 Å². The van der Waals surface area contributed by atoms with Crippen LogP contribution in [-0.2, 0) is 0 Å². The standard InChI is InChI=1S/C11H10ClN3O3/c1-17-6-2-3-8(7(13)4-6)18-11-9(12)10(16)14-5-15-11/h2-5H,13H2,1H3,(H,14,15,16). The second-order valence-corrected chi connectivity index (χ2v) is 3.73. The normalized spacial score (nSPS) is 10.1. The third kappa shape index (κ3) is 2.38. The molecule has 7 heteroatoms. The van der Waals surface area contributed by atoms with Gasteiger partial charge in [0.1, 0.15) is 5.75 Å². The Hall–Kier alpha value is -2.21. The van der Waals surface area contributed by atoms with Crippen LogP contribution in [0.4, 0.5) is 5.69 Å². The monoisotopic (exact) mass is 267 g/mol. The summed E-state index contributed by atoms with van der Waals surface area (Å²) in [6.45, 7) is 0. The molecule has 2 aromatic rings. The maximum atomic E-state index is 11.3. The minimum absolute atomic E-state index is 0.00252. The van der Waals surface area contributed by atoms with E-state index in [0.717, 1.165) is 0 Å². The molecule has 0 amide bonds. The lowest BCUT2D eigenvalue weighted by molar-refractivity contribution is 0.412. The van der Waals surface area contributed by atoms with Crippen LogP contribution in [0.5, 0.6) is 17.4 Å². The molecule has 94 valence electrons. The molecule has 0 saturated carbocycles. The van der Waals surface area contributed by atoms with E-state index >= 15 is 0 Å². The van der Waals surface area contributed by atoms with Crippen molar-refractivity contribution >= 4 is 17.3 Å². The number of halogens is 1. The van der Waals surface area contributed by atoms with Gasteiger partial charge in [-0.05, 0) is 12.1 Å². The van der Waals surface area contributed by atoms with Gasteiger partial charge in [0.25, 0.3) is 5.56 Å². The quantitative estimate of drug-likeness (QED) is 0.828. The molecule has 1 aromatic carbocycles. The van der Waals surface area contributed by atoms with E-state index in [4.69, 9.17) is 26.8 Å². The Morgan fingerprint density at radius 1 is 1.44 bits per heavy atom. The van der Waals surface area contributed by atoms with Gasteiger partial charge < -0.3 is 20.2 Å². The van der Waals surface area contributed by atoms with Gasteiger partial charge in [0.15, 0.2) is 10.8 Å². The molecule has 0 aliphatic rings. The molecule has 18 heavy (non-hydrogen) atoms. The van der Waals surface area contributed by atoms with E-state index < -0.39 is 5.56 Å². The third-order valence-corrected chi connectivity index (χ3v) is 2.52. The fourth-order valence-corrected chi connectivity index (χ4v) is 1.43. The highest BCUT2D eigenvalue weighted by Gasteiger charge is 2.10. The Morgan fingerprint density at radius 2 is 2.22 bits per heavy atom. The van der Waals surface area contributed by atoms with E-state index in [1.54, 1.807) is 18.2 Å². The number of nitrogens with two attached hydrogens (primary N) is 1. The van der Waals surface area contributed by atoms with Gasteiger partial charge >= 0.3 is 0 Å². The van der Waals surface area contributed by atoms with Gasteiger partial charge in [0, 0.05) is 6.07 Å². The number of nitrogens with zero attached hydrogens (tertiary/aromatic N) is 1. The van der Waals surface area contributed by atoms with Crippen LogP contribution in [0.25, 0.3) is 0 Å². The van der Waals surface area contributed by atoms with Crippen LogP contribution in [-0.4, -0.2) is 17.1 Å². The van der Waals surface area contributed by atoms with E-state index in [2.05, 4.69) is 9.97 Å². The zero-order valence-electron chi connectivity index (χ0n) is 9.44. The van der Waals surface area contributed by atoms with Crippen molar-refractivity contribution in [3.8, 4) is 17.4 Å². The Labute approximate surface area is 107 Å². The molecule has 0 spiro atoms. The van der Waals surface area contributed by atoms with Crippen molar-refractivity contribution in [3.63, 3.8) is 0 Å². The number of hydrogen-bond donors (Lipinski definition) is 2. The predicted molar refractivity (Wildman–Crippen MR) is 67.3 cm³/mol. The van der Waals surface area contributed by atoms with Crippen LogP contribution in [0.3, 0.4) is 0 Å². The molecule has 2 rings (SSSR count). The summed E-state index contributed by atoms with van der Waals surface area (Å²) in [7, 11) is 1.53. The van der Waals surface area contributed by atoms with E-state index in [-0.39, 0.29) is 10.9 Å². The number of anilines is 1. The molecule has 0 bridgehead atoms. The summed E-state index contributed by atoms with van der Waals surface area (Å²) in [6.07, 6.45) is 1.20. The van der Waals surface area contributed by atoms with Crippen molar-refractivity contribution in [2.75, 3.05) is 12.8 Å². The van der Waals surface area contributed by atoms with Crippen molar-refractivity contribution < 1.29 is 9.47 Å². The van der Waals surface area contributed by atoms with Crippen LogP contribution in [0.15, 0.2) is 29.3 Å². The molecule has 0 unspecified atom stereocenters. The molecular weight excluding hydrogens is 258 g/mol. The van der Waals surface area contributed by atoms with Crippen LogP contribution in [0.2, 0.25) is 5.02 Å². The SMILES string of the molecule is COc1ccc(Oc2nc[nH]c(=O)c2Cl)c(N)c1. The second kappa shape index (κ2) is 4.97. The number of rotatable bonds is 3. The number of aromatic nitrogens is 2. The lowest BCUT2D eigenvalue weighted by Crippen LogP contribution is -2.08. The molecule has 0 atom stereocenters. The highest BCUT2D eigenvalue weighted by Crippen LogP contribution is 2.31.